The number of aromatic nitrogens is 4. The molecule has 10 rings (SSSR count). The van der Waals surface area contributed by atoms with Gasteiger partial charge in [0.15, 0.2) is 11.4 Å². The first-order valence-electron chi connectivity index (χ1n) is 31.2. The molecule has 2 saturated carbocycles. The maximum atomic E-state index is 16.0. The van der Waals surface area contributed by atoms with Crippen LogP contribution in [0.4, 0.5) is 27.2 Å². The van der Waals surface area contributed by atoms with Crippen LogP contribution in [0.1, 0.15) is 165 Å². The standard InChI is InChI=1S/C33H43F2N4O6.C32H41F2N4O6.2V/c1-7-21-24(18-40)39-17-25(21)44-28-26(36-22-13-12-20(43-8-2)15-23(22)37-28)33(34,35)14-10-9-11-19-16-32(19,6)45-30(42)38-27(29(39)41)31(3,4)5;1-7-42-20-11-12-21-22(14-20)36-27-25(35-21)32(33,34)13-9-8-10-19-15-31(19,6)44-29(41)37-26(30(3,4)5)28(40)38-16-24(43-27)18(2)23(38)17-39;;/h12-13,15,19,21,24-25,27H,7-11,14,16-17H2,1-6H3,(H,38,42);11-12,14,18-19,23-24,26H,7-10,13,15-16H2,1-6H3,(H,37,41);;/q2*-1;;/t19-,21+,24-,25+,27-,32-;18-,19+,23+,24-,26+,31+;;/m10../s1. The van der Waals surface area contributed by atoms with Gasteiger partial charge < -0.3 is 58.4 Å². The number of hydrogen-bond donors (Lipinski definition) is 2. The van der Waals surface area contributed by atoms with E-state index in [4.69, 9.17) is 28.4 Å². The molecule has 0 unspecified atom stereocenters. The molecule has 6 aliphatic rings. The summed E-state index contributed by atoms with van der Waals surface area (Å²) in [6.07, 6.45) is 4.02. The van der Waals surface area contributed by atoms with E-state index in [-0.39, 0.29) is 97.7 Å². The summed E-state index contributed by atoms with van der Waals surface area (Å²) in [5.41, 5.74) is -2.95. The number of nitrogens with zero attached hydrogens (tertiary/aromatic N) is 6. The smallest absolute Gasteiger partial charge is 0.408 e. The van der Waals surface area contributed by atoms with Crippen molar-refractivity contribution >= 4 is 58.6 Å². The summed E-state index contributed by atoms with van der Waals surface area (Å²) in [5.74, 6) is -8.57. The molecule has 20 nitrogen and oxygen atoms in total. The van der Waals surface area contributed by atoms with E-state index in [2.05, 4.69) is 30.6 Å². The van der Waals surface area contributed by atoms with Gasteiger partial charge in [0.2, 0.25) is 23.6 Å². The molecule has 2 aromatic heterocycles. The molecule has 2 N–H and O–H groups in total. The largest absolute Gasteiger partial charge is 0.540 e. The second kappa shape index (κ2) is 28.3. The van der Waals surface area contributed by atoms with Crippen molar-refractivity contribution in [2.75, 3.05) is 26.3 Å². The first kappa shape index (κ1) is 72.5. The van der Waals surface area contributed by atoms with Crippen LogP contribution in [0.5, 0.6) is 23.3 Å². The van der Waals surface area contributed by atoms with E-state index in [9.17, 15) is 28.8 Å². The molecule has 91 heavy (non-hydrogen) atoms. The predicted molar refractivity (Wildman–Crippen MR) is 319 cm³/mol. The van der Waals surface area contributed by atoms with Crippen LogP contribution in [0.2, 0.25) is 0 Å². The molecule has 4 aliphatic heterocycles. The molecular weight excluding hydrogens is 1260 g/mol. The van der Waals surface area contributed by atoms with Crippen molar-refractivity contribution in [3.8, 4) is 23.3 Å². The average Bonchev–Trinajstić information content (AvgIpc) is 1.79. The minimum absolute atomic E-state index is 0. The fourth-order valence-corrected chi connectivity index (χ4v) is 12.8. The Kier molecular flexibility index (Phi) is 22.5. The number of benzene rings is 2. The minimum atomic E-state index is -3.37. The summed E-state index contributed by atoms with van der Waals surface area (Å²) >= 11 is 0. The predicted octanol–water partition coefficient (Wildman–Crippen LogP) is 11.0. The first-order valence-corrected chi connectivity index (χ1v) is 31.2. The number of rotatable bonds is 7. The topological polar surface area (TPSA) is 240 Å². The van der Waals surface area contributed by atoms with Gasteiger partial charge in [-0.2, -0.15) is 17.6 Å². The van der Waals surface area contributed by atoms with Crippen LogP contribution in [-0.4, -0.2) is 140 Å². The van der Waals surface area contributed by atoms with E-state index in [1.54, 1.807) is 84.9 Å². The van der Waals surface area contributed by atoms with Gasteiger partial charge >= 0.3 is 12.2 Å². The van der Waals surface area contributed by atoms with E-state index < -0.39 is 130 Å². The summed E-state index contributed by atoms with van der Waals surface area (Å²) < 4.78 is 98.9. The molecule has 12 atom stereocenters. The third kappa shape index (κ3) is 16.0. The van der Waals surface area contributed by atoms with Crippen LogP contribution < -0.4 is 29.6 Å². The van der Waals surface area contributed by atoms with Gasteiger partial charge in [-0.05, 0) is 113 Å². The molecular formula is C65H84F4N8O12V2-2. The van der Waals surface area contributed by atoms with Crippen molar-refractivity contribution in [2.24, 2.45) is 34.5 Å². The number of hydrogen-bond acceptors (Lipinski definition) is 16. The van der Waals surface area contributed by atoms with Crippen molar-refractivity contribution in [1.29, 1.82) is 0 Å². The van der Waals surface area contributed by atoms with Crippen LogP contribution >= 0.6 is 0 Å². The molecule has 2 saturated heterocycles. The quantitative estimate of drug-likeness (QED) is 0.129. The van der Waals surface area contributed by atoms with Crippen LogP contribution in [0.3, 0.4) is 0 Å². The zero-order chi connectivity index (χ0) is 64.8. The summed E-state index contributed by atoms with van der Waals surface area (Å²) in [4.78, 5) is 99.0. The number of halogens is 4. The number of carbonyl (C=O) groups excluding carboxylic acids is 6. The van der Waals surface area contributed by atoms with Gasteiger partial charge in [-0.25, -0.2) is 42.1 Å². The van der Waals surface area contributed by atoms with Crippen LogP contribution in [0.25, 0.3) is 22.1 Å². The Labute approximate surface area is 553 Å². The Morgan fingerprint density at radius 1 is 0.604 bits per heavy atom. The van der Waals surface area contributed by atoms with E-state index >= 15 is 17.6 Å². The normalized spacial score (nSPS) is 30.1. The van der Waals surface area contributed by atoms with Gasteiger partial charge in [0.25, 0.3) is 11.8 Å². The molecule has 26 heteroatoms. The second-order valence-electron chi connectivity index (χ2n) is 27.3. The summed E-state index contributed by atoms with van der Waals surface area (Å²) in [7, 11) is 0. The van der Waals surface area contributed by atoms with E-state index in [0.29, 0.717) is 80.7 Å². The Morgan fingerprint density at radius 2 is 1.01 bits per heavy atom. The molecule has 2 radical (unpaired) electrons. The van der Waals surface area contributed by atoms with Crippen LogP contribution in [0, 0.1) is 34.5 Å². The molecule has 0 spiro atoms. The molecule has 2 aromatic carbocycles. The van der Waals surface area contributed by atoms with Gasteiger partial charge in [-0.15, -0.1) is 0 Å². The summed E-state index contributed by atoms with van der Waals surface area (Å²) in [6, 6.07) is 5.58. The van der Waals surface area contributed by atoms with Crippen molar-refractivity contribution in [2.45, 2.75) is 213 Å². The maximum absolute atomic E-state index is 16.0. The number of fused-ring (bicyclic) bond motifs is 10. The van der Waals surface area contributed by atoms with Crippen LogP contribution in [-0.2, 0) is 77.6 Å². The van der Waals surface area contributed by atoms with Gasteiger partial charge in [0.05, 0.1) is 48.4 Å². The van der Waals surface area contributed by atoms with Gasteiger partial charge in [0.1, 0.15) is 47.0 Å². The number of alkyl halides is 4. The fraction of sp³-hybridized carbons (Fsp3) is 0.662. The molecule has 2 aliphatic carbocycles. The Balaban J connectivity index is 0.000000253. The number of amides is 4. The fourth-order valence-electron chi connectivity index (χ4n) is 12.8. The number of ether oxygens (including phenoxy) is 6. The number of carbonyl (C=O) groups is 4. The molecule has 4 amide bonds. The minimum Gasteiger partial charge on any atom is -0.540 e. The maximum Gasteiger partial charge on any atom is 0.408 e. The van der Waals surface area contributed by atoms with Gasteiger partial charge in [-0.3, -0.25) is 9.59 Å². The summed E-state index contributed by atoms with van der Waals surface area (Å²) in [5, 5.41) is 5.50. The van der Waals surface area contributed by atoms with Crippen molar-refractivity contribution in [3.05, 3.63) is 47.8 Å². The van der Waals surface area contributed by atoms with Crippen molar-refractivity contribution < 1.29 is 112 Å². The zero-order valence-electron chi connectivity index (χ0n) is 53.8. The first-order chi connectivity index (χ1) is 41.9. The monoisotopic (exact) mass is 1350 g/mol. The molecule has 4 aromatic rings. The Bertz CT molecular complexity index is 3320. The van der Waals surface area contributed by atoms with E-state index in [1.165, 1.54) is 9.80 Å². The van der Waals surface area contributed by atoms with Gasteiger partial charge in [-0.1, -0.05) is 86.7 Å². The average molecular weight is 1350 g/mol. The SMILES string of the molecule is CCOc1ccc2nc3c(nc2c1)O[C@H]1CN(C(=O)[C@H](C(C)(C)C)NC(=O)O[C@]2(C)C[C@H]2CCCCC3(F)F)[C@H]([C-]=O)[C@@H]1C.CCOc1ccc2nc3c(nc2c1)O[C@H]1CN(C(=O)[C@H](C(C)(C)C)NC(=O)O[C@]2(C)C[C@H]2CCCCC3(F)F)[C@H]([C-]=O)[C@@H]1CC.[V].[V]. The summed E-state index contributed by atoms with van der Waals surface area (Å²) in [6.45, 7) is 22.2. The van der Waals surface area contributed by atoms with Crippen molar-refractivity contribution in [3.63, 3.8) is 0 Å². The third-order valence-corrected chi connectivity index (χ3v) is 18.4. The second-order valence-corrected chi connectivity index (χ2v) is 27.3. The zero-order valence-corrected chi connectivity index (χ0v) is 56.6. The molecule has 4 fully saturated rings. The van der Waals surface area contributed by atoms with E-state index in [1.807, 2.05) is 47.2 Å². The number of alkyl carbamates (subject to hydrolysis) is 2. The number of nitrogens with one attached hydrogen (secondary N) is 2. The Hall–Kier alpha value is -5.97. The van der Waals surface area contributed by atoms with Gasteiger partial charge in [0, 0.05) is 73.9 Å². The van der Waals surface area contributed by atoms with E-state index in [0.717, 1.165) is 0 Å². The molecule has 6 heterocycles. The Morgan fingerprint density at radius 3 is 1.41 bits per heavy atom. The van der Waals surface area contributed by atoms with Crippen LogP contribution in [0.15, 0.2) is 36.4 Å². The van der Waals surface area contributed by atoms with Crippen molar-refractivity contribution in [1.82, 2.24) is 40.4 Å². The molecule has 496 valence electrons. The molecule has 4 bridgehead atoms. The third-order valence-electron chi connectivity index (χ3n) is 18.4.